The van der Waals surface area contributed by atoms with Crippen molar-refractivity contribution in [1.82, 2.24) is 0 Å². The smallest absolute Gasteiger partial charge is 0.0550 e. The molecule has 0 saturated heterocycles. The Balaban J connectivity index is 3.56. The predicted molar refractivity (Wildman–Crippen MR) is 113 cm³/mol. The van der Waals surface area contributed by atoms with Gasteiger partial charge in [-0.15, -0.1) is 0 Å². The van der Waals surface area contributed by atoms with Crippen molar-refractivity contribution >= 4 is 11.8 Å². The van der Waals surface area contributed by atoms with Crippen LogP contribution < -0.4 is 0 Å². The standard InChI is InChI=1S/C22H36OS/c1-3-5-6-7-8-9-10-11-12-13-14-15-16-17-18-19-20-22(21-23)24-4-2/h5-6,8-9,11-12,14-15,17-18,22-23H,3-4,7,10,13,16,19-21H2,1-2H3. The van der Waals surface area contributed by atoms with E-state index >= 15 is 0 Å². The number of hydrogen-bond acceptors (Lipinski definition) is 2. The number of rotatable bonds is 15. The summed E-state index contributed by atoms with van der Waals surface area (Å²) in [6, 6.07) is 0. The fourth-order valence-electron chi connectivity index (χ4n) is 2.11. The fraction of sp³-hybridized carbons (Fsp3) is 0.545. The van der Waals surface area contributed by atoms with Gasteiger partial charge < -0.3 is 5.11 Å². The summed E-state index contributed by atoms with van der Waals surface area (Å²) in [5.74, 6) is 1.08. The molecule has 0 fully saturated rings. The Morgan fingerprint density at radius 1 is 0.708 bits per heavy atom. The van der Waals surface area contributed by atoms with E-state index in [1.165, 1.54) is 0 Å². The lowest BCUT2D eigenvalue weighted by atomic mass is 10.2. The molecule has 1 nitrogen and oxygen atoms in total. The van der Waals surface area contributed by atoms with E-state index in [2.05, 4.69) is 74.6 Å². The van der Waals surface area contributed by atoms with Gasteiger partial charge in [0, 0.05) is 5.25 Å². The van der Waals surface area contributed by atoms with Gasteiger partial charge >= 0.3 is 0 Å². The summed E-state index contributed by atoms with van der Waals surface area (Å²) >= 11 is 1.85. The minimum atomic E-state index is 0.295. The van der Waals surface area contributed by atoms with Gasteiger partial charge in [-0.2, -0.15) is 11.8 Å². The molecule has 0 aromatic carbocycles. The molecule has 0 amide bonds. The molecule has 0 rings (SSSR count). The van der Waals surface area contributed by atoms with Crippen molar-refractivity contribution in [3.63, 3.8) is 0 Å². The van der Waals surface area contributed by atoms with Gasteiger partial charge in [0.05, 0.1) is 6.61 Å². The third-order valence-corrected chi connectivity index (χ3v) is 4.61. The summed E-state index contributed by atoms with van der Waals surface area (Å²) in [5.41, 5.74) is 0. The molecule has 1 atom stereocenters. The molecule has 0 saturated carbocycles. The highest BCUT2D eigenvalue weighted by Gasteiger charge is 2.04. The molecule has 1 N–H and O–H groups in total. The third-order valence-electron chi connectivity index (χ3n) is 3.42. The van der Waals surface area contributed by atoms with Crippen LogP contribution in [-0.2, 0) is 0 Å². The minimum Gasteiger partial charge on any atom is -0.395 e. The highest BCUT2D eigenvalue weighted by atomic mass is 32.2. The number of aliphatic hydroxyl groups is 1. The zero-order valence-electron chi connectivity index (χ0n) is 15.6. The second-order valence-corrected chi connectivity index (χ2v) is 7.12. The van der Waals surface area contributed by atoms with Gasteiger partial charge in [0.1, 0.15) is 0 Å². The fourth-order valence-corrected chi connectivity index (χ4v) is 2.99. The van der Waals surface area contributed by atoms with E-state index in [1.54, 1.807) is 0 Å². The van der Waals surface area contributed by atoms with Crippen LogP contribution in [0.15, 0.2) is 60.8 Å². The van der Waals surface area contributed by atoms with Crippen molar-refractivity contribution < 1.29 is 5.11 Å². The highest BCUT2D eigenvalue weighted by molar-refractivity contribution is 7.99. The quantitative estimate of drug-likeness (QED) is 0.335. The monoisotopic (exact) mass is 348 g/mol. The van der Waals surface area contributed by atoms with Gasteiger partial charge in [-0.3, -0.25) is 0 Å². The van der Waals surface area contributed by atoms with E-state index in [0.717, 1.165) is 50.7 Å². The van der Waals surface area contributed by atoms with E-state index in [0.29, 0.717) is 11.9 Å². The van der Waals surface area contributed by atoms with Crippen LogP contribution in [0, 0.1) is 0 Å². The second-order valence-electron chi connectivity index (χ2n) is 5.55. The van der Waals surface area contributed by atoms with Crippen LogP contribution in [0.1, 0.15) is 58.8 Å². The third kappa shape index (κ3) is 17.4. The Bertz CT molecular complexity index is 391. The molecule has 0 aliphatic heterocycles. The first kappa shape index (κ1) is 23.0. The molecule has 0 spiro atoms. The van der Waals surface area contributed by atoms with Crippen LogP contribution >= 0.6 is 11.8 Å². The SMILES string of the molecule is CCC=CCC=CCC=CCC=CCC=CCCC(CO)SCC. The van der Waals surface area contributed by atoms with Crippen LogP contribution in [0.4, 0.5) is 0 Å². The molecule has 0 heterocycles. The maximum Gasteiger partial charge on any atom is 0.0550 e. The van der Waals surface area contributed by atoms with Crippen molar-refractivity contribution in [1.29, 1.82) is 0 Å². The van der Waals surface area contributed by atoms with Crippen molar-refractivity contribution in [2.45, 2.75) is 64.0 Å². The molecule has 1 unspecified atom stereocenters. The van der Waals surface area contributed by atoms with E-state index in [9.17, 15) is 5.11 Å². The van der Waals surface area contributed by atoms with Crippen molar-refractivity contribution in [3.05, 3.63) is 60.8 Å². The van der Waals surface area contributed by atoms with Crippen molar-refractivity contribution in [3.8, 4) is 0 Å². The Labute approximate surface area is 154 Å². The second kappa shape index (κ2) is 20.1. The molecule has 0 aromatic rings. The van der Waals surface area contributed by atoms with Gasteiger partial charge in [-0.1, -0.05) is 74.6 Å². The van der Waals surface area contributed by atoms with Crippen LogP contribution in [0.5, 0.6) is 0 Å². The summed E-state index contributed by atoms with van der Waals surface area (Å²) in [6.45, 7) is 4.60. The van der Waals surface area contributed by atoms with Gasteiger partial charge in [0.25, 0.3) is 0 Å². The molecular weight excluding hydrogens is 312 g/mol. The van der Waals surface area contributed by atoms with E-state index in [4.69, 9.17) is 0 Å². The molecule has 0 aromatic heterocycles. The Morgan fingerprint density at radius 2 is 1.17 bits per heavy atom. The summed E-state index contributed by atoms with van der Waals surface area (Å²) in [4.78, 5) is 0. The largest absolute Gasteiger partial charge is 0.395 e. The molecule has 0 aliphatic rings. The lowest BCUT2D eigenvalue weighted by Crippen LogP contribution is -2.07. The van der Waals surface area contributed by atoms with Gasteiger partial charge in [-0.05, 0) is 50.7 Å². The average Bonchev–Trinajstić information content (AvgIpc) is 2.60. The lowest BCUT2D eigenvalue weighted by molar-refractivity contribution is 0.291. The van der Waals surface area contributed by atoms with Gasteiger partial charge in [0.15, 0.2) is 0 Å². The van der Waals surface area contributed by atoms with Crippen molar-refractivity contribution in [2.24, 2.45) is 0 Å². The number of hydrogen-bond donors (Lipinski definition) is 1. The molecule has 136 valence electrons. The number of aliphatic hydroxyl groups excluding tert-OH is 1. The molecular formula is C22H36OS. The van der Waals surface area contributed by atoms with E-state index < -0.39 is 0 Å². The molecule has 0 bridgehead atoms. The minimum absolute atomic E-state index is 0.295. The topological polar surface area (TPSA) is 20.2 Å². The first-order valence-corrected chi connectivity index (χ1v) is 10.4. The van der Waals surface area contributed by atoms with Gasteiger partial charge in [0.2, 0.25) is 0 Å². The summed E-state index contributed by atoms with van der Waals surface area (Å²) in [6.07, 6.45) is 29.5. The summed E-state index contributed by atoms with van der Waals surface area (Å²) < 4.78 is 0. The summed E-state index contributed by atoms with van der Waals surface area (Å²) in [5, 5.41) is 9.61. The molecule has 2 heteroatoms. The Hall–Kier alpha value is -0.990. The van der Waals surface area contributed by atoms with Crippen molar-refractivity contribution in [2.75, 3.05) is 12.4 Å². The molecule has 24 heavy (non-hydrogen) atoms. The lowest BCUT2D eigenvalue weighted by Gasteiger charge is -2.10. The Kier molecular flexibility index (Phi) is 19.2. The molecule has 0 aliphatic carbocycles. The Morgan fingerprint density at radius 3 is 1.58 bits per heavy atom. The average molecular weight is 349 g/mol. The predicted octanol–water partition coefficient (Wildman–Crippen LogP) is 6.63. The molecule has 0 radical (unpaired) electrons. The van der Waals surface area contributed by atoms with E-state index in [1.807, 2.05) is 11.8 Å². The van der Waals surface area contributed by atoms with E-state index in [-0.39, 0.29) is 0 Å². The maximum atomic E-state index is 9.21. The number of allylic oxidation sites excluding steroid dienone is 10. The zero-order valence-corrected chi connectivity index (χ0v) is 16.4. The van der Waals surface area contributed by atoms with Crippen LogP contribution in [0.3, 0.4) is 0 Å². The highest BCUT2D eigenvalue weighted by Crippen LogP contribution is 2.15. The first-order valence-electron chi connectivity index (χ1n) is 9.32. The first-order chi connectivity index (χ1) is 11.8. The zero-order chi connectivity index (χ0) is 17.7. The van der Waals surface area contributed by atoms with Gasteiger partial charge in [-0.25, -0.2) is 0 Å². The normalized spacial score (nSPS) is 14.3. The maximum absolute atomic E-state index is 9.21. The number of thioether (sulfide) groups is 1. The van der Waals surface area contributed by atoms with Crippen LogP contribution in [0.2, 0.25) is 0 Å². The summed E-state index contributed by atoms with van der Waals surface area (Å²) in [7, 11) is 0. The van der Waals surface area contributed by atoms with Crippen LogP contribution in [-0.4, -0.2) is 22.7 Å². The van der Waals surface area contributed by atoms with Crippen LogP contribution in [0.25, 0.3) is 0 Å².